The van der Waals surface area contributed by atoms with Crippen LogP contribution in [0.25, 0.3) is 0 Å². The van der Waals surface area contributed by atoms with Crippen LogP contribution in [0.4, 0.5) is 28.8 Å². The van der Waals surface area contributed by atoms with Crippen molar-refractivity contribution in [2.45, 2.75) is 6.92 Å². The molecule has 12 heteroatoms. The molecular weight excluding hydrogens is 490 g/mol. The summed E-state index contributed by atoms with van der Waals surface area (Å²) in [7, 11) is 5.04. The molecule has 0 bridgehead atoms. The average Bonchev–Trinajstić information content (AvgIpc) is 3.02. The predicted octanol–water partition coefficient (Wildman–Crippen LogP) is 2.76. The van der Waals surface area contributed by atoms with Crippen molar-refractivity contribution in [3.8, 4) is 5.75 Å². The Hall–Kier alpha value is -4.29. The van der Waals surface area contributed by atoms with Gasteiger partial charge in [0.05, 0.1) is 50.6 Å². The number of rotatable bonds is 11. The molecule has 1 aliphatic heterocycles. The summed E-state index contributed by atoms with van der Waals surface area (Å²) in [6.45, 7) is 4.25. The van der Waals surface area contributed by atoms with E-state index in [4.69, 9.17) is 14.2 Å². The van der Waals surface area contributed by atoms with Crippen molar-refractivity contribution in [1.29, 1.82) is 0 Å². The number of anilines is 5. The molecule has 0 spiro atoms. The summed E-state index contributed by atoms with van der Waals surface area (Å²) < 4.78 is 16.1. The summed E-state index contributed by atoms with van der Waals surface area (Å²) in [6, 6.07) is 8.89. The Morgan fingerprint density at radius 1 is 1.00 bits per heavy atom. The second-order valence-electron chi connectivity index (χ2n) is 8.30. The first-order valence-corrected chi connectivity index (χ1v) is 12.2. The predicted molar refractivity (Wildman–Crippen MR) is 143 cm³/mol. The minimum absolute atomic E-state index is 0.146. The van der Waals surface area contributed by atoms with Crippen LogP contribution < -0.4 is 25.2 Å². The molecule has 4 rings (SSSR count). The number of pyridine rings is 1. The second-order valence-corrected chi connectivity index (χ2v) is 8.30. The van der Waals surface area contributed by atoms with Crippen molar-refractivity contribution in [3.63, 3.8) is 0 Å². The van der Waals surface area contributed by atoms with Gasteiger partial charge in [0, 0.05) is 33.3 Å². The van der Waals surface area contributed by atoms with Crippen molar-refractivity contribution in [1.82, 2.24) is 20.3 Å². The molecule has 1 aromatic carbocycles. The topological polar surface area (TPSA) is 131 Å². The number of hydrogen-bond donors (Lipinski definition) is 2. The highest BCUT2D eigenvalue weighted by Gasteiger charge is 2.28. The van der Waals surface area contributed by atoms with Crippen molar-refractivity contribution in [2.24, 2.45) is 0 Å². The van der Waals surface area contributed by atoms with Crippen molar-refractivity contribution in [3.05, 3.63) is 54.0 Å². The fourth-order valence-electron chi connectivity index (χ4n) is 3.90. The van der Waals surface area contributed by atoms with Crippen LogP contribution in [0.5, 0.6) is 5.75 Å². The molecule has 0 aliphatic carbocycles. The van der Waals surface area contributed by atoms with E-state index < -0.39 is 0 Å². The largest absolute Gasteiger partial charge is 0.494 e. The van der Waals surface area contributed by atoms with E-state index in [1.165, 1.54) is 24.3 Å². The van der Waals surface area contributed by atoms with Gasteiger partial charge in [-0.1, -0.05) is 12.1 Å². The van der Waals surface area contributed by atoms with E-state index >= 15 is 0 Å². The number of amides is 2. The molecule has 12 nitrogen and oxygen atoms in total. The van der Waals surface area contributed by atoms with E-state index in [1.807, 2.05) is 37.1 Å². The average molecular weight is 522 g/mol. The maximum absolute atomic E-state index is 13.0. The van der Waals surface area contributed by atoms with Gasteiger partial charge in [-0.2, -0.15) is 4.98 Å². The standard InChI is InChI=1S/C26H31N7O5/c1-5-37-12-13-38-11-10-27-24(34)18-14-22(36-4)19(15-28-18)30-26-29-16-21-23(31-26)32(2)20-9-7-6-8-17(20)25(35)33(21)3/h6-9,14-16H,5,10-13H2,1-4H3,(H,27,34)(H,29,30,31). The number of carbonyl (C=O) groups is 2. The molecule has 3 heterocycles. The number of benzene rings is 1. The molecule has 2 N–H and O–H groups in total. The summed E-state index contributed by atoms with van der Waals surface area (Å²) in [5.41, 5.74) is 2.55. The zero-order valence-electron chi connectivity index (χ0n) is 21.9. The Labute approximate surface area is 220 Å². The number of nitrogens with zero attached hydrogens (tertiary/aromatic N) is 5. The fraction of sp³-hybridized carbons (Fsp3) is 0.346. The fourth-order valence-corrected chi connectivity index (χ4v) is 3.90. The third kappa shape index (κ3) is 5.82. The summed E-state index contributed by atoms with van der Waals surface area (Å²) in [4.78, 5) is 42.2. The summed E-state index contributed by atoms with van der Waals surface area (Å²) in [5, 5.41) is 5.87. The van der Waals surface area contributed by atoms with Crippen LogP contribution in [0.1, 0.15) is 27.8 Å². The number of nitrogens with one attached hydrogen (secondary N) is 2. The number of para-hydroxylation sites is 1. The number of ether oxygens (including phenoxy) is 3. The van der Waals surface area contributed by atoms with Gasteiger partial charge in [-0.25, -0.2) is 9.97 Å². The van der Waals surface area contributed by atoms with Gasteiger partial charge in [0.25, 0.3) is 11.8 Å². The minimum atomic E-state index is -0.350. The molecule has 3 aromatic rings. The maximum Gasteiger partial charge on any atom is 0.270 e. The van der Waals surface area contributed by atoms with Gasteiger partial charge < -0.3 is 34.6 Å². The minimum Gasteiger partial charge on any atom is -0.494 e. The number of aromatic nitrogens is 3. The smallest absolute Gasteiger partial charge is 0.270 e. The van der Waals surface area contributed by atoms with E-state index in [-0.39, 0.29) is 23.5 Å². The van der Waals surface area contributed by atoms with Gasteiger partial charge in [-0.15, -0.1) is 0 Å². The van der Waals surface area contributed by atoms with Crippen molar-refractivity contribution in [2.75, 3.05) is 69.3 Å². The first-order valence-electron chi connectivity index (χ1n) is 12.2. The Balaban J connectivity index is 1.47. The third-order valence-electron chi connectivity index (χ3n) is 5.90. The zero-order valence-corrected chi connectivity index (χ0v) is 21.9. The molecule has 0 saturated carbocycles. The molecule has 200 valence electrons. The monoisotopic (exact) mass is 521 g/mol. The first-order chi connectivity index (χ1) is 18.4. The Morgan fingerprint density at radius 2 is 1.79 bits per heavy atom. The molecule has 0 atom stereocenters. The van der Waals surface area contributed by atoms with Gasteiger partial charge >= 0.3 is 0 Å². The number of fused-ring (bicyclic) bond motifs is 2. The summed E-state index contributed by atoms with van der Waals surface area (Å²) in [6.07, 6.45) is 3.07. The molecular formula is C26H31N7O5. The van der Waals surface area contributed by atoms with Gasteiger partial charge in [0.1, 0.15) is 22.8 Å². The maximum atomic E-state index is 13.0. The van der Waals surface area contributed by atoms with Crippen LogP contribution in [-0.2, 0) is 9.47 Å². The molecule has 0 radical (unpaired) electrons. The van der Waals surface area contributed by atoms with Gasteiger partial charge in [-0.05, 0) is 19.1 Å². The normalized spacial score (nSPS) is 12.5. The summed E-state index contributed by atoms with van der Waals surface area (Å²) >= 11 is 0. The number of methoxy groups -OCH3 is 1. The van der Waals surface area contributed by atoms with E-state index in [2.05, 4.69) is 25.6 Å². The van der Waals surface area contributed by atoms with Crippen LogP contribution in [0.15, 0.2) is 42.7 Å². The lowest BCUT2D eigenvalue weighted by molar-refractivity contribution is 0.0531. The Kier molecular flexibility index (Phi) is 8.66. The zero-order chi connectivity index (χ0) is 27.1. The van der Waals surface area contributed by atoms with E-state index in [0.29, 0.717) is 61.5 Å². The van der Waals surface area contributed by atoms with Crippen LogP contribution in [-0.4, -0.2) is 80.9 Å². The molecule has 38 heavy (non-hydrogen) atoms. The van der Waals surface area contributed by atoms with Crippen LogP contribution in [0.3, 0.4) is 0 Å². The lowest BCUT2D eigenvalue weighted by atomic mass is 10.1. The van der Waals surface area contributed by atoms with Crippen LogP contribution in [0.2, 0.25) is 0 Å². The Morgan fingerprint density at radius 3 is 2.58 bits per heavy atom. The van der Waals surface area contributed by atoms with Gasteiger partial charge in [0.15, 0.2) is 5.82 Å². The SMILES string of the molecule is CCOCCOCCNC(=O)c1cc(OC)c(Nc2ncc3c(n2)N(C)c2ccccc2C(=O)N3C)cn1. The van der Waals surface area contributed by atoms with Crippen molar-refractivity contribution >= 4 is 40.6 Å². The van der Waals surface area contributed by atoms with Crippen LogP contribution in [0, 0.1) is 0 Å². The van der Waals surface area contributed by atoms with E-state index in [0.717, 1.165) is 5.69 Å². The van der Waals surface area contributed by atoms with E-state index in [9.17, 15) is 9.59 Å². The molecule has 2 aromatic heterocycles. The lowest BCUT2D eigenvalue weighted by Crippen LogP contribution is -2.28. The first kappa shape index (κ1) is 26.8. The molecule has 0 saturated heterocycles. The molecule has 0 fully saturated rings. The van der Waals surface area contributed by atoms with E-state index in [1.54, 1.807) is 19.3 Å². The van der Waals surface area contributed by atoms with Crippen LogP contribution >= 0.6 is 0 Å². The van der Waals surface area contributed by atoms with Gasteiger partial charge in [0.2, 0.25) is 5.95 Å². The highest BCUT2D eigenvalue weighted by Crippen LogP contribution is 2.38. The third-order valence-corrected chi connectivity index (χ3v) is 5.90. The van der Waals surface area contributed by atoms with Gasteiger partial charge in [-0.3, -0.25) is 9.59 Å². The molecule has 1 aliphatic rings. The Bertz CT molecular complexity index is 1300. The quantitative estimate of drug-likeness (QED) is 0.363. The summed E-state index contributed by atoms with van der Waals surface area (Å²) in [5.74, 6) is 0.722. The number of carbonyl (C=O) groups excluding carboxylic acids is 2. The van der Waals surface area contributed by atoms with Crippen molar-refractivity contribution < 1.29 is 23.8 Å². The lowest BCUT2D eigenvalue weighted by Gasteiger charge is -2.21. The highest BCUT2D eigenvalue weighted by atomic mass is 16.5. The number of hydrogen-bond acceptors (Lipinski definition) is 10. The second kappa shape index (κ2) is 12.3. The molecule has 2 amide bonds. The highest BCUT2D eigenvalue weighted by molar-refractivity contribution is 6.13. The molecule has 0 unspecified atom stereocenters.